The van der Waals surface area contributed by atoms with E-state index in [9.17, 15) is 20.2 Å². The molecule has 0 bridgehead atoms. The lowest BCUT2D eigenvalue weighted by Gasteiger charge is -2.08. The summed E-state index contributed by atoms with van der Waals surface area (Å²) in [6, 6.07) is 7.47. The summed E-state index contributed by atoms with van der Waals surface area (Å²) in [7, 11) is 0. The lowest BCUT2D eigenvalue weighted by molar-refractivity contribution is -0.394. The molecule has 0 saturated heterocycles. The van der Waals surface area contributed by atoms with Crippen molar-refractivity contribution in [1.82, 2.24) is 0 Å². The molecule has 0 radical (unpaired) electrons. The summed E-state index contributed by atoms with van der Waals surface area (Å²) in [6.07, 6.45) is 0. The van der Waals surface area contributed by atoms with Crippen LogP contribution >= 0.6 is 11.6 Å². The molecule has 0 aliphatic carbocycles. The Balaban J connectivity index is 2.41. The molecule has 0 unspecified atom stereocenters. The number of nitrogens with zero attached hydrogens (tertiary/aromatic N) is 2. The Morgan fingerprint density at radius 1 is 1.05 bits per heavy atom. The van der Waals surface area contributed by atoms with E-state index in [1.165, 1.54) is 12.1 Å². The average molecular weight is 325 g/mol. The van der Waals surface area contributed by atoms with Gasteiger partial charge in [0.05, 0.1) is 27.5 Å². The van der Waals surface area contributed by atoms with Crippen LogP contribution in [0.1, 0.15) is 5.56 Å². The van der Waals surface area contributed by atoms with E-state index in [-0.39, 0.29) is 23.1 Å². The number of aliphatic hydroxyl groups excluding tert-OH is 1. The third-order valence-electron chi connectivity index (χ3n) is 2.75. The van der Waals surface area contributed by atoms with Crippen molar-refractivity contribution >= 4 is 23.0 Å². The molecule has 0 aromatic heterocycles. The highest BCUT2D eigenvalue weighted by Crippen LogP contribution is 2.37. The predicted molar refractivity (Wildman–Crippen MR) is 77.2 cm³/mol. The lowest BCUT2D eigenvalue weighted by atomic mass is 10.2. The smallest absolute Gasteiger partial charge is 0.318 e. The molecular formula is C13H9ClN2O6. The molecule has 0 saturated carbocycles. The second-order valence-corrected chi connectivity index (χ2v) is 4.60. The highest BCUT2D eigenvalue weighted by Gasteiger charge is 2.21. The first-order chi connectivity index (χ1) is 10.4. The topological polar surface area (TPSA) is 116 Å². The van der Waals surface area contributed by atoms with E-state index < -0.39 is 21.2 Å². The van der Waals surface area contributed by atoms with Crippen molar-refractivity contribution < 1.29 is 19.7 Å². The number of halogens is 1. The van der Waals surface area contributed by atoms with E-state index in [0.717, 1.165) is 18.2 Å². The molecule has 2 rings (SSSR count). The second-order valence-electron chi connectivity index (χ2n) is 4.19. The van der Waals surface area contributed by atoms with Crippen LogP contribution in [0.15, 0.2) is 36.4 Å². The van der Waals surface area contributed by atoms with Crippen molar-refractivity contribution in [3.63, 3.8) is 0 Å². The zero-order valence-electron chi connectivity index (χ0n) is 10.9. The van der Waals surface area contributed by atoms with Crippen LogP contribution in [0.5, 0.6) is 11.5 Å². The Hall–Kier alpha value is -2.71. The average Bonchev–Trinajstić information content (AvgIpc) is 2.49. The molecule has 22 heavy (non-hydrogen) atoms. The molecule has 9 heteroatoms. The van der Waals surface area contributed by atoms with E-state index in [4.69, 9.17) is 21.4 Å². The molecule has 0 aliphatic rings. The largest absolute Gasteiger partial charge is 0.449 e. The van der Waals surface area contributed by atoms with E-state index in [2.05, 4.69) is 0 Å². The van der Waals surface area contributed by atoms with Crippen molar-refractivity contribution in [2.24, 2.45) is 0 Å². The molecule has 0 spiro atoms. The van der Waals surface area contributed by atoms with Crippen LogP contribution in [-0.4, -0.2) is 15.0 Å². The predicted octanol–water partition coefficient (Wildman–Crippen LogP) is 3.44. The molecule has 0 aliphatic heterocycles. The molecule has 0 heterocycles. The maximum absolute atomic E-state index is 11.0. The molecule has 0 atom stereocenters. The summed E-state index contributed by atoms with van der Waals surface area (Å²) >= 11 is 5.96. The van der Waals surface area contributed by atoms with Gasteiger partial charge in [-0.2, -0.15) is 0 Å². The minimum atomic E-state index is -0.779. The highest BCUT2D eigenvalue weighted by molar-refractivity contribution is 6.32. The summed E-state index contributed by atoms with van der Waals surface area (Å²) in [5.74, 6) is -0.0370. The van der Waals surface area contributed by atoms with Crippen LogP contribution < -0.4 is 4.74 Å². The van der Waals surface area contributed by atoms with Gasteiger partial charge in [0.25, 0.3) is 5.69 Å². The van der Waals surface area contributed by atoms with Crippen LogP contribution in [0.3, 0.4) is 0 Å². The fourth-order valence-electron chi connectivity index (χ4n) is 1.69. The third-order valence-corrected chi connectivity index (χ3v) is 3.04. The van der Waals surface area contributed by atoms with Gasteiger partial charge in [-0.15, -0.1) is 0 Å². The Morgan fingerprint density at radius 2 is 1.73 bits per heavy atom. The van der Waals surface area contributed by atoms with Crippen molar-refractivity contribution in [2.75, 3.05) is 0 Å². The molecule has 1 N–H and O–H groups in total. The van der Waals surface area contributed by atoms with Gasteiger partial charge in [-0.1, -0.05) is 17.7 Å². The monoisotopic (exact) mass is 324 g/mol. The van der Waals surface area contributed by atoms with Gasteiger partial charge in [0.15, 0.2) is 0 Å². The number of hydrogen-bond donors (Lipinski definition) is 1. The van der Waals surface area contributed by atoms with Gasteiger partial charge in [-0.3, -0.25) is 20.2 Å². The van der Waals surface area contributed by atoms with E-state index in [1.54, 1.807) is 6.07 Å². The zero-order valence-corrected chi connectivity index (χ0v) is 11.7. The summed E-state index contributed by atoms with van der Waals surface area (Å²) in [5, 5.41) is 30.8. The number of nitro groups is 2. The lowest BCUT2D eigenvalue weighted by Crippen LogP contribution is -1.96. The summed E-state index contributed by atoms with van der Waals surface area (Å²) in [6.45, 7) is -0.211. The number of aliphatic hydroxyl groups is 1. The Bertz CT molecular complexity index is 749. The standard InChI is InChI=1S/C13H9ClN2O6/c14-10-5-8(7-17)1-3-12(10)22-13-4-2-9(15(18)19)6-11(13)16(20)21/h1-6,17H,7H2. The summed E-state index contributed by atoms with van der Waals surface area (Å²) < 4.78 is 5.36. The van der Waals surface area contributed by atoms with Crippen molar-refractivity contribution in [3.05, 3.63) is 67.2 Å². The number of benzene rings is 2. The first kappa shape index (κ1) is 15.7. The van der Waals surface area contributed by atoms with E-state index in [1.807, 2.05) is 0 Å². The number of rotatable bonds is 5. The van der Waals surface area contributed by atoms with Gasteiger partial charge in [-0.05, 0) is 23.8 Å². The van der Waals surface area contributed by atoms with Crippen LogP contribution in [0.2, 0.25) is 5.02 Å². The van der Waals surface area contributed by atoms with Gasteiger partial charge >= 0.3 is 5.69 Å². The Kier molecular flexibility index (Phi) is 4.54. The molecule has 114 valence electrons. The maximum atomic E-state index is 11.0. The zero-order chi connectivity index (χ0) is 16.3. The van der Waals surface area contributed by atoms with Gasteiger partial charge in [-0.25, -0.2) is 0 Å². The van der Waals surface area contributed by atoms with Crippen LogP contribution in [0, 0.1) is 20.2 Å². The molecule has 0 amide bonds. The van der Waals surface area contributed by atoms with E-state index >= 15 is 0 Å². The van der Waals surface area contributed by atoms with Crippen molar-refractivity contribution in [1.29, 1.82) is 0 Å². The van der Waals surface area contributed by atoms with Gasteiger partial charge < -0.3 is 9.84 Å². The molecule has 8 nitrogen and oxygen atoms in total. The number of hydrogen-bond acceptors (Lipinski definition) is 6. The Labute approximate surface area is 128 Å². The fraction of sp³-hybridized carbons (Fsp3) is 0.0769. The normalized spacial score (nSPS) is 10.3. The van der Waals surface area contributed by atoms with E-state index in [0.29, 0.717) is 5.56 Å². The summed E-state index contributed by atoms with van der Waals surface area (Å²) in [4.78, 5) is 20.2. The van der Waals surface area contributed by atoms with Crippen LogP contribution in [0.25, 0.3) is 0 Å². The molecule has 2 aromatic rings. The minimum absolute atomic E-state index is 0.135. The first-order valence-corrected chi connectivity index (χ1v) is 6.30. The van der Waals surface area contributed by atoms with Gasteiger partial charge in [0.2, 0.25) is 5.75 Å². The summed E-state index contributed by atoms with van der Waals surface area (Å²) in [5.41, 5.74) is -0.409. The second kappa shape index (κ2) is 6.37. The Morgan fingerprint density at radius 3 is 2.27 bits per heavy atom. The SMILES string of the molecule is O=[N+]([O-])c1ccc(Oc2ccc(CO)cc2Cl)c([N+](=O)[O-])c1. The van der Waals surface area contributed by atoms with Crippen molar-refractivity contribution in [3.8, 4) is 11.5 Å². The maximum Gasteiger partial charge on any atom is 0.318 e. The van der Waals surface area contributed by atoms with Gasteiger partial charge in [0, 0.05) is 6.07 Å². The third kappa shape index (κ3) is 3.30. The first-order valence-electron chi connectivity index (χ1n) is 5.92. The fourth-order valence-corrected chi connectivity index (χ4v) is 1.93. The minimum Gasteiger partial charge on any atom is -0.449 e. The number of nitro benzene ring substituents is 2. The van der Waals surface area contributed by atoms with Crippen LogP contribution in [-0.2, 0) is 6.61 Å². The van der Waals surface area contributed by atoms with Crippen LogP contribution in [0.4, 0.5) is 11.4 Å². The highest BCUT2D eigenvalue weighted by atomic mass is 35.5. The molecular weight excluding hydrogens is 316 g/mol. The van der Waals surface area contributed by atoms with Crippen molar-refractivity contribution in [2.45, 2.75) is 6.61 Å². The molecule has 0 fully saturated rings. The molecule has 2 aromatic carbocycles. The number of ether oxygens (including phenoxy) is 1. The van der Waals surface area contributed by atoms with Gasteiger partial charge in [0.1, 0.15) is 5.75 Å². The quantitative estimate of drug-likeness (QED) is 0.665. The number of non-ortho nitro benzene ring substituents is 1.